The first kappa shape index (κ1) is 19.5. The van der Waals surface area contributed by atoms with Gasteiger partial charge in [0, 0.05) is 9.90 Å². The number of fused-ring (bicyclic) bond motifs is 1. The normalized spacial score (nSPS) is 20.6. The average molecular weight is 417 g/mol. The van der Waals surface area contributed by atoms with Crippen LogP contribution in [0.2, 0.25) is 5.02 Å². The van der Waals surface area contributed by atoms with Crippen LogP contribution in [0.15, 0.2) is 24.3 Å². The largest absolute Gasteiger partial charge is 0.365 e. The fraction of sp³-hybridized carbons (Fsp3) is 0.455. The van der Waals surface area contributed by atoms with Crippen molar-refractivity contribution in [2.45, 2.75) is 57.3 Å². The van der Waals surface area contributed by atoms with E-state index in [9.17, 15) is 9.59 Å². The second-order valence-electron chi connectivity index (χ2n) is 8.17. The minimum Gasteiger partial charge on any atom is -0.365 e. The standard InChI is InChI=1S/C22H25ClN2O2S/c1-13-4-9-16-17(12-13)28-20(18(16)19(24)26)25-21(27)22(10-2-3-11-22)14-5-7-15(23)8-6-14/h5-8,13H,2-4,9-12H2,1H3,(H2,24,26)(H,25,27)/t13-/m1/s1. The number of thiophene rings is 1. The van der Waals surface area contributed by atoms with Crippen molar-refractivity contribution in [1.29, 1.82) is 0 Å². The van der Waals surface area contributed by atoms with Gasteiger partial charge >= 0.3 is 0 Å². The van der Waals surface area contributed by atoms with Crippen molar-refractivity contribution in [3.63, 3.8) is 0 Å². The van der Waals surface area contributed by atoms with E-state index in [0.29, 0.717) is 21.5 Å². The van der Waals surface area contributed by atoms with Gasteiger partial charge in [-0.2, -0.15) is 0 Å². The Morgan fingerprint density at radius 1 is 1.21 bits per heavy atom. The number of halogens is 1. The molecule has 1 fully saturated rings. The van der Waals surface area contributed by atoms with Crippen LogP contribution in [0.1, 0.15) is 65.4 Å². The Morgan fingerprint density at radius 2 is 1.89 bits per heavy atom. The molecule has 4 nitrogen and oxygen atoms in total. The number of primary amides is 1. The molecule has 2 aliphatic carbocycles. The maximum absolute atomic E-state index is 13.5. The average Bonchev–Trinajstić information content (AvgIpc) is 3.27. The van der Waals surface area contributed by atoms with Gasteiger partial charge in [-0.15, -0.1) is 11.3 Å². The van der Waals surface area contributed by atoms with Crippen molar-refractivity contribution in [3.8, 4) is 0 Å². The quantitative estimate of drug-likeness (QED) is 0.729. The summed E-state index contributed by atoms with van der Waals surface area (Å²) < 4.78 is 0. The summed E-state index contributed by atoms with van der Waals surface area (Å²) in [5.74, 6) is 0.0986. The Hall–Kier alpha value is -1.85. The van der Waals surface area contributed by atoms with E-state index in [1.165, 1.54) is 16.2 Å². The zero-order chi connectivity index (χ0) is 19.9. The van der Waals surface area contributed by atoms with Gasteiger partial charge < -0.3 is 11.1 Å². The molecule has 1 heterocycles. The summed E-state index contributed by atoms with van der Waals surface area (Å²) in [6.45, 7) is 2.22. The lowest BCUT2D eigenvalue weighted by molar-refractivity contribution is -0.121. The van der Waals surface area contributed by atoms with Crippen molar-refractivity contribution < 1.29 is 9.59 Å². The van der Waals surface area contributed by atoms with Gasteiger partial charge in [0.15, 0.2) is 0 Å². The topological polar surface area (TPSA) is 72.2 Å². The number of carbonyl (C=O) groups excluding carboxylic acids is 2. The molecule has 28 heavy (non-hydrogen) atoms. The first-order valence-electron chi connectivity index (χ1n) is 9.92. The van der Waals surface area contributed by atoms with Crippen LogP contribution in [-0.4, -0.2) is 11.8 Å². The molecule has 0 saturated heterocycles. The summed E-state index contributed by atoms with van der Waals surface area (Å²) in [6, 6.07) is 7.57. The van der Waals surface area contributed by atoms with E-state index in [1.807, 2.05) is 24.3 Å². The van der Waals surface area contributed by atoms with Gasteiger partial charge in [-0.3, -0.25) is 9.59 Å². The van der Waals surface area contributed by atoms with Crippen molar-refractivity contribution in [3.05, 3.63) is 50.9 Å². The summed E-state index contributed by atoms with van der Waals surface area (Å²) in [5, 5.41) is 4.39. The van der Waals surface area contributed by atoms with Gasteiger partial charge in [-0.1, -0.05) is 43.5 Å². The van der Waals surface area contributed by atoms with Crippen LogP contribution in [-0.2, 0) is 23.1 Å². The van der Waals surface area contributed by atoms with Gasteiger partial charge in [0.2, 0.25) is 5.91 Å². The third kappa shape index (κ3) is 3.35. The number of amides is 2. The van der Waals surface area contributed by atoms with E-state index in [-0.39, 0.29) is 5.91 Å². The molecule has 2 aliphatic rings. The van der Waals surface area contributed by atoms with Crippen LogP contribution in [0, 0.1) is 5.92 Å². The fourth-order valence-corrected chi connectivity index (χ4v) is 6.25. The zero-order valence-electron chi connectivity index (χ0n) is 16.0. The van der Waals surface area contributed by atoms with Gasteiger partial charge in [0.25, 0.3) is 5.91 Å². The van der Waals surface area contributed by atoms with Crippen LogP contribution in [0.5, 0.6) is 0 Å². The van der Waals surface area contributed by atoms with Crippen LogP contribution in [0.25, 0.3) is 0 Å². The second kappa shape index (κ2) is 7.53. The molecule has 0 unspecified atom stereocenters. The first-order chi connectivity index (χ1) is 13.4. The summed E-state index contributed by atoms with van der Waals surface area (Å²) in [7, 11) is 0. The van der Waals surface area contributed by atoms with Crippen molar-refractivity contribution in [2.75, 3.05) is 5.32 Å². The number of rotatable bonds is 4. The molecule has 0 radical (unpaired) electrons. The molecular formula is C22H25ClN2O2S. The van der Waals surface area contributed by atoms with Crippen LogP contribution >= 0.6 is 22.9 Å². The van der Waals surface area contributed by atoms with E-state index < -0.39 is 11.3 Å². The highest BCUT2D eigenvalue weighted by Gasteiger charge is 2.43. The highest BCUT2D eigenvalue weighted by atomic mass is 35.5. The monoisotopic (exact) mass is 416 g/mol. The number of benzene rings is 1. The summed E-state index contributed by atoms with van der Waals surface area (Å²) in [4.78, 5) is 26.9. The van der Waals surface area contributed by atoms with Crippen molar-refractivity contribution in [1.82, 2.24) is 0 Å². The lowest BCUT2D eigenvalue weighted by Crippen LogP contribution is -2.38. The van der Waals surface area contributed by atoms with Crippen LogP contribution in [0.4, 0.5) is 5.00 Å². The minimum absolute atomic E-state index is 0.0403. The van der Waals surface area contributed by atoms with Crippen LogP contribution in [0.3, 0.4) is 0 Å². The maximum atomic E-state index is 13.5. The molecule has 2 aromatic rings. The molecule has 0 bridgehead atoms. The Bertz CT molecular complexity index is 913. The zero-order valence-corrected chi connectivity index (χ0v) is 17.6. The van der Waals surface area contributed by atoms with Crippen molar-refractivity contribution in [2.24, 2.45) is 11.7 Å². The molecule has 1 saturated carbocycles. The summed E-state index contributed by atoms with van der Waals surface area (Å²) in [6.07, 6.45) is 6.46. The molecular weight excluding hydrogens is 392 g/mol. The fourth-order valence-electron chi connectivity index (χ4n) is 4.72. The van der Waals surface area contributed by atoms with Crippen LogP contribution < -0.4 is 11.1 Å². The SMILES string of the molecule is C[C@@H]1CCc2c(sc(NC(=O)C3(c4ccc(Cl)cc4)CCCC3)c2C(N)=O)C1. The predicted octanol–water partition coefficient (Wildman–Crippen LogP) is 5.08. The molecule has 0 spiro atoms. The Labute approximate surface area is 174 Å². The third-order valence-corrected chi connectivity index (χ3v) is 7.70. The molecule has 3 N–H and O–H groups in total. The van der Waals surface area contributed by atoms with Gasteiger partial charge in [-0.25, -0.2) is 0 Å². The van der Waals surface area contributed by atoms with E-state index >= 15 is 0 Å². The van der Waals surface area contributed by atoms with Gasteiger partial charge in [0.1, 0.15) is 5.00 Å². The lowest BCUT2D eigenvalue weighted by Gasteiger charge is -2.28. The Morgan fingerprint density at radius 3 is 2.54 bits per heavy atom. The Kier molecular flexibility index (Phi) is 5.23. The molecule has 1 atom stereocenters. The van der Waals surface area contributed by atoms with Gasteiger partial charge in [0.05, 0.1) is 11.0 Å². The van der Waals surface area contributed by atoms with E-state index in [1.54, 1.807) is 0 Å². The smallest absolute Gasteiger partial charge is 0.251 e. The summed E-state index contributed by atoms with van der Waals surface area (Å²) in [5.41, 5.74) is 7.68. The number of nitrogens with one attached hydrogen (secondary N) is 1. The molecule has 1 aromatic carbocycles. The predicted molar refractivity (Wildman–Crippen MR) is 114 cm³/mol. The lowest BCUT2D eigenvalue weighted by atomic mass is 9.78. The molecule has 6 heteroatoms. The molecule has 2 amide bonds. The van der Waals surface area contributed by atoms with Gasteiger partial charge in [-0.05, 0) is 61.3 Å². The maximum Gasteiger partial charge on any atom is 0.251 e. The Balaban J connectivity index is 1.69. The molecule has 4 rings (SSSR count). The molecule has 1 aromatic heterocycles. The third-order valence-electron chi connectivity index (χ3n) is 6.27. The number of hydrogen-bond donors (Lipinski definition) is 2. The van der Waals surface area contributed by atoms with E-state index in [0.717, 1.165) is 56.1 Å². The first-order valence-corrected chi connectivity index (χ1v) is 11.1. The molecule has 148 valence electrons. The highest BCUT2D eigenvalue weighted by molar-refractivity contribution is 7.17. The van der Waals surface area contributed by atoms with E-state index in [4.69, 9.17) is 17.3 Å². The number of carbonyl (C=O) groups is 2. The highest BCUT2D eigenvalue weighted by Crippen LogP contribution is 2.44. The number of anilines is 1. The van der Waals surface area contributed by atoms with E-state index in [2.05, 4.69) is 12.2 Å². The van der Waals surface area contributed by atoms with Crippen molar-refractivity contribution >= 4 is 39.8 Å². The minimum atomic E-state index is -0.572. The second-order valence-corrected chi connectivity index (χ2v) is 9.71. The molecule has 0 aliphatic heterocycles. The number of hydrogen-bond acceptors (Lipinski definition) is 3. The number of nitrogens with two attached hydrogens (primary N) is 1. The summed E-state index contributed by atoms with van der Waals surface area (Å²) >= 11 is 7.57.